The lowest BCUT2D eigenvalue weighted by Gasteiger charge is -2.01. The molecule has 1 N–H and O–H groups in total. The van der Waals surface area contributed by atoms with E-state index in [2.05, 4.69) is 10.3 Å². The predicted octanol–water partition coefficient (Wildman–Crippen LogP) is 2.84. The molecule has 0 aromatic carbocycles. The molecule has 2 nitrogen and oxygen atoms in total. The first-order chi connectivity index (χ1) is 7.49. The van der Waals surface area contributed by atoms with Gasteiger partial charge in [-0.15, -0.1) is 11.3 Å². The summed E-state index contributed by atoms with van der Waals surface area (Å²) in [5.41, 5.74) is 0.888. The van der Waals surface area contributed by atoms with E-state index >= 15 is 0 Å². The molecule has 2 rings (SSSR count). The van der Waals surface area contributed by atoms with Gasteiger partial charge in [0.25, 0.3) is 0 Å². The molecule has 1 saturated carbocycles. The van der Waals surface area contributed by atoms with Crippen molar-refractivity contribution in [3.05, 3.63) is 15.6 Å². The second-order valence-corrected chi connectivity index (χ2v) is 5.18. The van der Waals surface area contributed by atoms with Crippen molar-refractivity contribution < 1.29 is 13.2 Å². The van der Waals surface area contributed by atoms with Crippen LogP contribution in [0.1, 0.15) is 34.3 Å². The first-order valence-corrected chi connectivity index (χ1v) is 6.01. The van der Waals surface area contributed by atoms with Crippen molar-refractivity contribution >= 4 is 11.3 Å². The lowest BCUT2D eigenvalue weighted by molar-refractivity contribution is -0.127. The molecule has 0 amide bonds. The summed E-state index contributed by atoms with van der Waals surface area (Å²) in [6.07, 6.45) is -2.94. The third-order valence-electron chi connectivity index (χ3n) is 2.42. The summed E-state index contributed by atoms with van der Waals surface area (Å²) in [6.45, 7) is 0.612. The molecular formula is C10H13F3N2S. The Morgan fingerprint density at radius 1 is 1.44 bits per heavy atom. The van der Waals surface area contributed by atoms with Crippen molar-refractivity contribution in [1.82, 2.24) is 10.3 Å². The van der Waals surface area contributed by atoms with Gasteiger partial charge in [-0.05, 0) is 19.9 Å². The predicted molar refractivity (Wildman–Crippen MR) is 56.6 cm³/mol. The van der Waals surface area contributed by atoms with Crippen LogP contribution in [0.15, 0.2) is 0 Å². The van der Waals surface area contributed by atoms with Gasteiger partial charge in [-0.25, -0.2) is 4.98 Å². The minimum Gasteiger partial charge on any atom is -0.315 e. The molecule has 1 aliphatic rings. The van der Waals surface area contributed by atoms with Crippen LogP contribution >= 0.6 is 11.3 Å². The topological polar surface area (TPSA) is 24.9 Å². The van der Waals surface area contributed by atoms with Crippen LogP contribution in [0.2, 0.25) is 0 Å². The highest BCUT2D eigenvalue weighted by Gasteiger charge is 2.33. The SMILES string of the molecule is CNCc1sc(CC(F)(F)F)nc1C1CC1. The van der Waals surface area contributed by atoms with Gasteiger partial charge in [-0.2, -0.15) is 13.2 Å². The minimum absolute atomic E-state index is 0.194. The molecule has 16 heavy (non-hydrogen) atoms. The maximum Gasteiger partial charge on any atom is 0.395 e. The highest BCUT2D eigenvalue weighted by molar-refractivity contribution is 7.11. The Bertz CT molecular complexity index is 369. The van der Waals surface area contributed by atoms with Gasteiger partial charge in [-0.1, -0.05) is 0 Å². The summed E-state index contributed by atoms with van der Waals surface area (Å²) in [5.74, 6) is 0.404. The van der Waals surface area contributed by atoms with Crippen LogP contribution in [0.4, 0.5) is 13.2 Å². The lowest BCUT2D eigenvalue weighted by atomic mass is 10.2. The Balaban J connectivity index is 2.17. The van der Waals surface area contributed by atoms with E-state index < -0.39 is 12.6 Å². The molecule has 1 heterocycles. The first-order valence-electron chi connectivity index (χ1n) is 5.19. The normalized spacial score (nSPS) is 16.8. The number of aromatic nitrogens is 1. The van der Waals surface area contributed by atoms with Crippen LogP contribution < -0.4 is 5.32 Å². The van der Waals surface area contributed by atoms with Gasteiger partial charge >= 0.3 is 6.18 Å². The van der Waals surface area contributed by atoms with E-state index in [9.17, 15) is 13.2 Å². The van der Waals surface area contributed by atoms with Crippen LogP contribution in [0.3, 0.4) is 0 Å². The van der Waals surface area contributed by atoms with Crippen LogP contribution in [-0.2, 0) is 13.0 Å². The van der Waals surface area contributed by atoms with Crippen LogP contribution in [0.5, 0.6) is 0 Å². The number of thiazole rings is 1. The quantitative estimate of drug-likeness (QED) is 0.888. The van der Waals surface area contributed by atoms with E-state index in [1.54, 1.807) is 7.05 Å². The van der Waals surface area contributed by atoms with Crippen molar-refractivity contribution in [1.29, 1.82) is 0 Å². The molecule has 1 aliphatic carbocycles. The third kappa shape index (κ3) is 2.95. The number of halogens is 3. The standard InChI is InChI=1S/C10H13F3N2S/c1-14-5-7-9(6-2-3-6)15-8(16-7)4-10(11,12)13/h6,14H,2-5H2,1H3. The second-order valence-electron chi connectivity index (χ2n) is 4.01. The van der Waals surface area contributed by atoms with Crippen molar-refractivity contribution in [3.63, 3.8) is 0 Å². The number of rotatable bonds is 4. The fourth-order valence-corrected chi connectivity index (χ4v) is 2.82. The Hall–Kier alpha value is -0.620. The smallest absolute Gasteiger partial charge is 0.315 e. The maximum absolute atomic E-state index is 12.2. The van der Waals surface area contributed by atoms with Gasteiger partial charge in [0.2, 0.25) is 0 Å². The number of hydrogen-bond donors (Lipinski definition) is 1. The van der Waals surface area contributed by atoms with E-state index in [0.29, 0.717) is 12.5 Å². The summed E-state index contributed by atoms with van der Waals surface area (Å²) in [7, 11) is 1.79. The minimum atomic E-state index is -4.16. The van der Waals surface area contributed by atoms with Gasteiger partial charge in [0.15, 0.2) is 0 Å². The molecule has 0 aliphatic heterocycles. The van der Waals surface area contributed by atoms with Gasteiger partial charge in [0, 0.05) is 17.3 Å². The molecular weight excluding hydrogens is 237 g/mol. The summed E-state index contributed by atoms with van der Waals surface area (Å²) in [5, 5.41) is 3.17. The fraction of sp³-hybridized carbons (Fsp3) is 0.700. The van der Waals surface area contributed by atoms with Crippen LogP contribution in [0.25, 0.3) is 0 Å². The summed E-state index contributed by atoms with van der Waals surface area (Å²) in [6, 6.07) is 0. The molecule has 0 radical (unpaired) electrons. The molecule has 0 spiro atoms. The van der Waals surface area contributed by atoms with Gasteiger partial charge in [0.05, 0.1) is 12.1 Å². The highest BCUT2D eigenvalue weighted by atomic mass is 32.1. The largest absolute Gasteiger partial charge is 0.395 e. The average Bonchev–Trinajstić information content (AvgIpc) is 2.89. The Morgan fingerprint density at radius 2 is 2.12 bits per heavy atom. The summed E-state index contributed by atoms with van der Waals surface area (Å²) in [4.78, 5) is 5.10. The van der Waals surface area contributed by atoms with E-state index in [-0.39, 0.29) is 5.01 Å². The lowest BCUT2D eigenvalue weighted by Crippen LogP contribution is -2.11. The van der Waals surface area contributed by atoms with Gasteiger partial charge in [0.1, 0.15) is 5.01 Å². The zero-order valence-electron chi connectivity index (χ0n) is 8.90. The van der Waals surface area contributed by atoms with Crippen molar-refractivity contribution in [2.24, 2.45) is 0 Å². The third-order valence-corrected chi connectivity index (χ3v) is 3.50. The Labute approximate surface area is 95.9 Å². The van der Waals surface area contributed by atoms with E-state index in [0.717, 1.165) is 23.4 Å². The van der Waals surface area contributed by atoms with E-state index in [4.69, 9.17) is 0 Å². The zero-order chi connectivity index (χ0) is 11.8. The summed E-state index contributed by atoms with van der Waals surface area (Å²) < 4.78 is 36.7. The Kier molecular flexibility index (Phi) is 3.21. The number of nitrogens with zero attached hydrogens (tertiary/aromatic N) is 1. The molecule has 0 unspecified atom stereocenters. The zero-order valence-corrected chi connectivity index (χ0v) is 9.71. The monoisotopic (exact) mass is 250 g/mol. The number of hydrogen-bond acceptors (Lipinski definition) is 3. The van der Waals surface area contributed by atoms with E-state index in [1.807, 2.05) is 0 Å². The van der Waals surface area contributed by atoms with Crippen molar-refractivity contribution in [2.75, 3.05) is 7.05 Å². The number of alkyl halides is 3. The molecule has 1 fully saturated rings. The van der Waals surface area contributed by atoms with Crippen LogP contribution in [-0.4, -0.2) is 18.2 Å². The average molecular weight is 250 g/mol. The molecule has 1 aromatic heterocycles. The van der Waals surface area contributed by atoms with Crippen molar-refractivity contribution in [3.8, 4) is 0 Å². The van der Waals surface area contributed by atoms with Gasteiger partial charge in [-0.3, -0.25) is 0 Å². The van der Waals surface area contributed by atoms with E-state index in [1.165, 1.54) is 11.3 Å². The maximum atomic E-state index is 12.2. The molecule has 90 valence electrons. The molecule has 0 saturated heterocycles. The number of nitrogens with one attached hydrogen (secondary N) is 1. The van der Waals surface area contributed by atoms with Crippen LogP contribution in [0, 0.1) is 0 Å². The summed E-state index contributed by atoms with van der Waals surface area (Å²) >= 11 is 1.19. The second kappa shape index (κ2) is 4.33. The molecule has 0 atom stereocenters. The van der Waals surface area contributed by atoms with Crippen molar-refractivity contribution in [2.45, 2.75) is 37.9 Å². The first kappa shape index (κ1) is 11.9. The molecule has 1 aromatic rings. The molecule has 6 heteroatoms. The highest BCUT2D eigenvalue weighted by Crippen LogP contribution is 2.43. The fourth-order valence-electron chi connectivity index (χ4n) is 1.62. The molecule has 0 bridgehead atoms. The Morgan fingerprint density at radius 3 is 2.62 bits per heavy atom. The van der Waals surface area contributed by atoms with Gasteiger partial charge < -0.3 is 5.32 Å².